The average molecular weight is 272 g/mol. The van der Waals surface area contributed by atoms with Crippen molar-refractivity contribution in [3.63, 3.8) is 0 Å². The highest BCUT2D eigenvalue weighted by Gasteiger charge is 2.40. The fourth-order valence-corrected chi connectivity index (χ4v) is 3.17. The molecule has 0 saturated carbocycles. The third-order valence-electron chi connectivity index (χ3n) is 3.69. The van der Waals surface area contributed by atoms with E-state index in [-0.39, 0.29) is 0 Å². The molecular formula is C13H15Cl2NO. The van der Waals surface area contributed by atoms with Crippen molar-refractivity contribution in [2.45, 2.75) is 44.1 Å². The molecule has 3 rings (SSSR count). The van der Waals surface area contributed by atoms with Gasteiger partial charge in [-0.1, -0.05) is 35.3 Å². The molecule has 2 aliphatic rings. The molecule has 0 radical (unpaired) electrons. The van der Waals surface area contributed by atoms with Crippen molar-refractivity contribution in [2.24, 2.45) is 0 Å². The van der Waals surface area contributed by atoms with Crippen molar-refractivity contribution < 1.29 is 4.74 Å². The molecule has 2 saturated heterocycles. The van der Waals surface area contributed by atoms with Crippen LogP contribution < -0.4 is 5.32 Å². The quantitative estimate of drug-likeness (QED) is 0.910. The summed E-state index contributed by atoms with van der Waals surface area (Å²) in [6.45, 7) is 0.761. The van der Waals surface area contributed by atoms with Crippen LogP contribution in [0, 0.1) is 0 Å². The average Bonchev–Trinajstić information content (AvgIpc) is 2.93. The Labute approximate surface area is 111 Å². The summed E-state index contributed by atoms with van der Waals surface area (Å²) in [6.07, 6.45) is 4.42. The lowest BCUT2D eigenvalue weighted by Gasteiger charge is -2.20. The Balaban J connectivity index is 1.62. The summed E-state index contributed by atoms with van der Waals surface area (Å²) in [7, 11) is 0. The number of halogens is 2. The van der Waals surface area contributed by atoms with Crippen LogP contribution in [-0.4, -0.2) is 18.2 Å². The molecule has 1 N–H and O–H groups in total. The van der Waals surface area contributed by atoms with Gasteiger partial charge in [0.2, 0.25) is 0 Å². The summed E-state index contributed by atoms with van der Waals surface area (Å²) in [6, 6.07) is 6.23. The summed E-state index contributed by atoms with van der Waals surface area (Å²) in [5, 5.41) is 4.81. The largest absolute Gasteiger partial charge is 0.373 e. The molecule has 2 heterocycles. The van der Waals surface area contributed by atoms with E-state index < -0.39 is 0 Å². The Bertz CT molecular complexity index is 424. The summed E-state index contributed by atoms with van der Waals surface area (Å²) >= 11 is 12.1. The first-order chi connectivity index (χ1) is 8.24. The number of hydrogen-bond donors (Lipinski definition) is 1. The van der Waals surface area contributed by atoms with E-state index >= 15 is 0 Å². The molecule has 17 heavy (non-hydrogen) atoms. The van der Waals surface area contributed by atoms with E-state index in [4.69, 9.17) is 27.9 Å². The van der Waals surface area contributed by atoms with Gasteiger partial charge >= 0.3 is 0 Å². The molecule has 1 aromatic rings. The zero-order chi connectivity index (χ0) is 11.8. The molecule has 2 aliphatic heterocycles. The van der Waals surface area contributed by atoms with Crippen molar-refractivity contribution >= 4 is 23.2 Å². The SMILES string of the molecule is Clc1cccc(CNC2CC3CCC2O3)c1Cl. The second kappa shape index (κ2) is 4.77. The summed E-state index contributed by atoms with van der Waals surface area (Å²) in [5.74, 6) is 0. The molecule has 2 nitrogen and oxygen atoms in total. The van der Waals surface area contributed by atoms with Gasteiger partial charge in [0.25, 0.3) is 0 Å². The number of rotatable bonds is 3. The zero-order valence-corrected chi connectivity index (χ0v) is 11.0. The van der Waals surface area contributed by atoms with E-state index in [2.05, 4.69) is 5.32 Å². The van der Waals surface area contributed by atoms with Crippen LogP contribution in [0.5, 0.6) is 0 Å². The predicted molar refractivity (Wildman–Crippen MR) is 69.6 cm³/mol. The minimum Gasteiger partial charge on any atom is -0.373 e. The second-order valence-electron chi connectivity index (χ2n) is 4.81. The lowest BCUT2D eigenvalue weighted by atomic mass is 9.95. The molecule has 0 spiro atoms. The van der Waals surface area contributed by atoms with E-state index in [9.17, 15) is 0 Å². The minimum atomic E-state index is 0.401. The highest BCUT2D eigenvalue weighted by atomic mass is 35.5. The molecule has 0 amide bonds. The van der Waals surface area contributed by atoms with Crippen molar-refractivity contribution in [3.8, 4) is 0 Å². The van der Waals surface area contributed by atoms with Gasteiger partial charge in [-0.05, 0) is 30.9 Å². The predicted octanol–water partition coefficient (Wildman–Crippen LogP) is 3.40. The van der Waals surface area contributed by atoms with Gasteiger partial charge in [0.05, 0.1) is 22.3 Å². The van der Waals surface area contributed by atoms with Crippen LogP contribution >= 0.6 is 23.2 Å². The van der Waals surface area contributed by atoms with Gasteiger partial charge in [0, 0.05) is 12.6 Å². The fraction of sp³-hybridized carbons (Fsp3) is 0.538. The summed E-state index contributed by atoms with van der Waals surface area (Å²) in [5.41, 5.74) is 1.06. The van der Waals surface area contributed by atoms with E-state index in [1.807, 2.05) is 18.2 Å². The molecule has 4 heteroatoms. The number of benzene rings is 1. The molecule has 3 unspecified atom stereocenters. The molecule has 92 valence electrons. The molecule has 3 atom stereocenters. The first kappa shape index (κ1) is 11.8. The Morgan fingerprint density at radius 1 is 1.29 bits per heavy atom. The molecule has 0 aromatic heterocycles. The van der Waals surface area contributed by atoms with Gasteiger partial charge in [0.1, 0.15) is 0 Å². The van der Waals surface area contributed by atoms with Gasteiger partial charge in [-0.15, -0.1) is 0 Å². The standard InChI is InChI=1S/C13H15Cl2NO/c14-10-3-1-2-8(13(10)15)7-16-11-6-9-4-5-12(11)17-9/h1-3,9,11-12,16H,4-7H2. The van der Waals surface area contributed by atoms with Gasteiger partial charge in [-0.3, -0.25) is 0 Å². The maximum absolute atomic E-state index is 6.15. The fourth-order valence-electron chi connectivity index (χ4n) is 2.78. The molecule has 2 fully saturated rings. The third kappa shape index (κ3) is 2.32. The highest BCUT2D eigenvalue weighted by molar-refractivity contribution is 6.42. The van der Waals surface area contributed by atoms with Crippen LogP contribution in [0.15, 0.2) is 18.2 Å². The Hall–Kier alpha value is -0.280. The smallest absolute Gasteiger partial charge is 0.0733 e. The number of nitrogens with one attached hydrogen (secondary N) is 1. The number of hydrogen-bond acceptors (Lipinski definition) is 2. The first-order valence-corrected chi connectivity index (χ1v) is 6.81. The lowest BCUT2D eigenvalue weighted by molar-refractivity contribution is 0.0973. The summed E-state index contributed by atoms with van der Waals surface area (Å²) in [4.78, 5) is 0. The molecule has 2 bridgehead atoms. The Morgan fingerprint density at radius 3 is 2.88 bits per heavy atom. The normalized spacial score (nSPS) is 31.1. The van der Waals surface area contributed by atoms with Gasteiger partial charge in [-0.2, -0.15) is 0 Å². The second-order valence-corrected chi connectivity index (χ2v) is 5.60. The van der Waals surface area contributed by atoms with Gasteiger partial charge in [-0.25, -0.2) is 0 Å². The minimum absolute atomic E-state index is 0.401. The molecule has 1 aromatic carbocycles. The van der Waals surface area contributed by atoms with Crippen LogP contribution in [-0.2, 0) is 11.3 Å². The topological polar surface area (TPSA) is 21.3 Å². The van der Waals surface area contributed by atoms with Crippen LogP contribution in [0.2, 0.25) is 10.0 Å². The van der Waals surface area contributed by atoms with Crippen LogP contribution in [0.4, 0.5) is 0 Å². The maximum Gasteiger partial charge on any atom is 0.0733 e. The first-order valence-electron chi connectivity index (χ1n) is 6.06. The van der Waals surface area contributed by atoms with Crippen molar-refractivity contribution in [2.75, 3.05) is 0 Å². The monoisotopic (exact) mass is 271 g/mol. The number of fused-ring (bicyclic) bond motifs is 2. The van der Waals surface area contributed by atoms with Crippen LogP contribution in [0.1, 0.15) is 24.8 Å². The summed E-state index contributed by atoms with van der Waals surface area (Å²) < 4.78 is 5.81. The maximum atomic E-state index is 6.15. The molecule has 0 aliphatic carbocycles. The van der Waals surface area contributed by atoms with Crippen molar-refractivity contribution in [3.05, 3.63) is 33.8 Å². The Kier molecular flexibility index (Phi) is 3.31. The van der Waals surface area contributed by atoms with E-state index in [1.165, 1.54) is 12.8 Å². The van der Waals surface area contributed by atoms with E-state index in [0.717, 1.165) is 18.5 Å². The van der Waals surface area contributed by atoms with Gasteiger partial charge < -0.3 is 10.1 Å². The highest BCUT2D eigenvalue weighted by Crippen LogP contribution is 2.34. The van der Waals surface area contributed by atoms with Crippen molar-refractivity contribution in [1.82, 2.24) is 5.32 Å². The van der Waals surface area contributed by atoms with Crippen LogP contribution in [0.25, 0.3) is 0 Å². The van der Waals surface area contributed by atoms with Gasteiger partial charge in [0.15, 0.2) is 0 Å². The molecular weight excluding hydrogens is 257 g/mol. The zero-order valence-electron chi connectivity index (χ0n) is 9.46. The van der Waals surface area contributed by atoms with Crippen molar-refractivity contribution in [1.29, 1.82) is 0 Å². The Morgan fingerprint density at radius 2 is 2.18 bits per heavy atom. The lowest BCUT2D eigenvalue weighted by Crippen LogP contribution is -2.37. The van der Waals surface area contributed by atoms with E-state index in [0.29, 0.717) is 28.3 Å². The van der Waals surface area contributed by atoms with E-state index in [1.54, 1.807) is 0 Å². The van der Waals surface area contributed by atoms with Crippen LogP contribution in [0.3, 0.4) is 0 Å². The third-order valence-corrected chi connectivity index (χ3v) is 4.55. The number of ether oxygens (including phenoxy) is 1.